The Balaban J connectivity index is 2.69. The number of fused-ring (bicyclic) bond motifs is 1. The first-order chi connectivity index (χ1) is 8.42. The molecule has 2 rings (SSSR count). The molecule has 0 aromatic carbocycles. The van der Waals surface area contributed by atoms with Gasteiger partial charge in [0.25, 0.3) is 5.72 Å². The minimum absolute atomic E-state index is 0.0816. The van der Waals surface area contributed by atoms with E-state index >= 15 is 0 Å². The average Bonchev–Trinajstić information content (AvgIpc) is 2.28. The highest BCUT2D eigenvalue weighted by Gasteiger charge is 2.60. The van der Waals surface area contributed by atoms with Crippen molar-refractivity contribution in [1.82, 2.24) is 4.98 Å². The van der Waals surface area contributed by atoms with Crippen LogP contribution in [0.4, 0.5) is 18.9 Å². The number of nitrogens with zero attached hydrogens (tertiary/aromatic N) is 2. The van der Waals surface area contributed by atoms with Gasteiger partial charge in [0.15, 0.2) is 0 Å². The lowest BCUT2D eigenvalue weighted by Crippen LogP contribution is -2.46. The second kappa shape index (κ2) is 4.24. The number of rotatable bonds is 2. The molecule has 1 aliphatic heterocycles. The van der Waals surface area contributed by atoms with E-state index in [1.165, 1.54) is 26.1 Å². The standard InChI is InChI=1S/C11H12F3N3O/c1-3-18-10(11(12,13)14)9-7(2)15-5-4-8(9)16-6-17-10/h4-6H,3H2,1-2H3,(H,16,17)/t10-/m1/s1. The molecule has 1 aliphatic rings. The van der Waals surface area contributed by atoms with Gasteiger partial charge in [-0.05, 0) is 19.9 Å². The van der Waals surface area contributed by atoms with Crippen LogP contribution in [0.3, 0.4) is 0 Å². The zero-order valence-corrected chi connectivity index (χ0v) is 9.88. The van der Waals surface area contributed by atoms with E-state index < -0.39 is 11.9 Å². The van der Waals surface area contributed by atoms with E-state index in [4.69, 9.17) is 4.74 Å². The van der Waals surface area contributed by atoms with E-state index in [2.05, 4.69) is 15.3 Å². The molecule has 18 heavy (non-hydrogen) atoms. The number of hydrogen-bond donors (Lipinski definition) is 1. The Bertz CT molecular complexity index is 487. The summed E-state index contributed by atoms with van der Waals surface area (Å²) in [4.78, 5) is 7.39. The molecule has 0 aliphatic carbocycles. The highest BCUT2D eigenvalue weighted by atomic mass is 19.4. The van der Waals surface area contributed by atoms with Gasteiger partial charge in [0.1, 0.15) is 0 Å². The smallest absolute Gasteiger partial charge is 0.346 e. The molecule has 98 valence electrons. The third-order valence-electron chi connectivity index (χ3n) is 2.68. The second-order valence-electron chi connectivity index (χ2n) is 3.80. The summed E-state index contributed by atoms with van der Waals surface area (Å²) in [5.41, 5.74) is -2.20. The van der Waals surface area contributed by atoms with Crippen molar-refractivity contribution in [3.63, 3.8) is 0 Å². The minimum atomic E-state index is -4.65. The molecule has 0 bridgehead atoms. The van der Waals surface area contributed by atoms with Gasteiger partial charge in [0, 0.05) is 18.5 Å². The van der Waals surface area contributed by atoms with Gasteiger partial charge in [-0.15, -0.1) is 0 Å². The van der Waals surface area contributed by atoms with Gasteiger partial charge in [-0.1, -0.05) is 0 Å². The number of nitrogens with one attached hydrogen (secondary N) is 1. The third-order valence-corrected chi connectivity index (χ3v) is 2.68. The maximum Gasteiger partial charge on any atom is 0.443 e. The molecule has 0 fully saturated rings. The van der Waals surface area contributed by atoms with Crippen molar-refractivity contribution in [2.24, 2.45) is 4.99 Å². The predicted octanol–water partition coefficient (Wildman–Crippen LogP) is 2.60. The van der Waals surface area contributed by atoms with Crippen LogP contribution in [0.15, 0.2) is 17.3 Å². The number of pyridine rings is 1. The number of anilines is 1. The molecule has 2 heterocycles. The van der Waals surface area contributed by atoms with Gasteiger partial charge < -0.3 is 10.1 Å². The van der Waals surface area contributed by atoms with E-state index in [9.17, 15) is 13.2 Å². The van der Waals surface area contributed by atoms with Crippen LogP contribution in [0.1, 0.15) is 18.2 Å². The molecular weight excluding hydrogens is 247 g/mol. The summed E-state index contributed by atoms with van der Waals surface area (Å²) in [5, 5.41) is 2.68. The fraction of sp³-hybridized carbons (Fsp3) is 0.455. The molecular formula is C11H12F3N3O. The number of halogens is 3. The first-order valence-electron chi connectivity index (χ1n) is 5.39. The Morgan fingerprint density at radius 3 is 2.78 bits per heavy atom. The summed E-state index contributed by atoms with van der Waals surface area (Å²) in [5.74, 6) is 0. The van der Waals surface area contributed by atoms with Gasteiger partial charge >= 0.3 is 6.18 Å². The lowest BCUT2D eigenvalue weighted by atomic mass is 9.97. The van der Waals surface area contributed by atoms with Crippen molar-refractivity contribution in [1.29, 1.82) is 0 Å². The number of aromatic nitrogens is 1. The van der Waals surface area contributed by atoms with E-state index in [1.54, 1.807) is 0 Å². The second-order valence-corrected chi connectivity index (χ2v) is 3.80. The fourth-order valence-electron chi connectivity index (χ4n) is 1.99. The Labute approximate surface area is 102 Å². The van der Waals surface area contributed by atoms with Crippen molar-refractivity contribution >= 4 is 12.0 Å². The van der Waals surface area contributed by atoms with Crippen LogP contribution < -0.4 is 5.32 Å². The topological polar surface area (TPSA) is 46.5 Å². The largest absolute Gasteiger partial charge is 0.443 e. The van der Waals surface area contributed by atoms with Crippen LogP contribution in [-0.4, -0.2) is 24.1 Å². The Hall–Kier alpha value is -1.63. The summed E-state index contributed by atoms with van der Waals surface area (Å²) >= 11 is 0. The summed E-state index contributed by atoms with van der Waals surface area (Å²) in [6.07, 6.45) is -2.21. The Morgan fingerprint density at radius 2 is 2.17 bits per heavy atom. The molecule has 7 heteroatoms. The number of ether oxygens (including phenoxy) is 1. The van der Waals surface area contributed by atoms with Crippen molar-refractivity contribution < 1.29 is 17.9 Å². The zero-order valence-electron chi connectivity index (χ0n) is 9.88. The average molecular weight is 259 g/mol. The molecule has 0 saturated carbocycles. The zero-order chi connectivity index (χ0) is 13.4. The third kappa shape index (κ3) is 1.74. The van der Waals surface area contributed by atoms with Crippen LogP contribution in [0.5, 0.6) is 0 Å². The molecule has 0 spiro atoms. The summed E-state index contributed by atoms with van der Waals surface area (Å²) < 4.78 is 45.0. The molecule has 1 atom stereocenters. The highest BCUT2D eigenvalue weighted by Crippen LogP contribution is 2.48. The van der Waals surface area contributed by atoms with Gasteiger partial charge in [-0.2, -0.15) is 13.2 Å². The lowest BCUT2D eigenvalue weighted by molar-refractivity contribution is -0.280. The molecule has 1 aromatic rings. The molecule has 0 amide bonds. The normalized spacial score (nSPS) is 22.5. The lowest BCUT2D eigenvalue weighted by Gasteiger charge is -2.36. The SMILES string of the molecule is CCO[C@]1(C(F)(F)F)N=CNc2ccnc(C)c21. The van der Waals surface area contributed by atoms with Gasteiger partial charge in [-0.3, -0.25) is 4.98 Å². The monoisotopic (exact) mass is 259 g/mol. The molecule has 0 radical (unpaired) electrons. The van der Waals surface area contributed by atoms with Crippen molar-refractivity contribution in [3.8, 4) is 0 Å². The first-order valence-corrected chi connectivity index (χ1v) is 5.39. The van der Waals surface area contributed by atoms with E-state index in [1.807, 2.05) is 0 Å². The summed E-state index contributed by atoms with van der Waals surface area (Å²) in [6, 6.07) is 1.47. The summed E-state index contributed by atoms with van der Waals surface area (Å²) in [6.45, 7) is 2.89. The molecule has 0 saturated heterocycles. The Kier molecular flexibility index (Phi) is 3.02. The highest BCUT2D eigenvalue weighted by molar-refractivity contribution is 5.81. The van der Waals surface area contributed by atoms with Crippen LogP contribution in [0, 0.1) is 6.92 Å². The van der Waals surface area contributed by atoms with Crippen molar-refractivity contribution in [3.05, 3.63) is 23.5 Å². The number of alkyl halides is 3. The molecule has 1 aromatic heterocycles. The number of aryl methyl sites for hydroxylation is 1. The van der Waals surface area contributed by atoms with Crippen LogP contribution in [-0.2, 0) is 10.5 Å². The van der Waals surface area contributed by atoms with Crippen LogP contribution in [0.25, 0.3) is 0 Å². The predicted molar refractivity (Wildman–Crippen MR) is 60.4 cm³/mol. The van der Waals surface area contributed by atoms with Gasteiger partial charge in [-0.25, -0.2) is 4.99 Å². The first kappa shape index (κ1) is 12.8. The van der Waals surface area contributed by atoms with Gasteiger partial charge in [0.05, 0.1) is 17.6 Å². The maximum absolute atomic E-state index is 13.3. The summed E-state index contributed by atoms with van der Waals surface area (Å²) in [7, 11) is 0. The Morgan fingerprint density at radius 1 is 1.44 bits per heavy atom. The van der Waals surface area contributed by atoms with Crippen LogP contribution in [0.2, 0.25) is 0 Å². The number of aliphatic imine (C=N–C) groups is 1. The molecule has 0 unspecified atom stereocenters. The minimum Gasteiger partial charge on any atom is -0.346 e. The molecule has 4 nitrogen and oxygen atoms in total. The van der Waals surface area contributed by atoms with E-state index in [0.29, 0.717) is 5.69 Å². The van der Waals surface area contributed by atoms with Crippen molar-refractivity contribution in [2.45, 2.75) is 25.7 Å². The quantitative estimate of drug-likeness (QED) is 0.888. The van der Waals surface area contributed by atoms with Crippen LogP contribution >= 0.6 is 0 Å². The van der Waals surface area contributed by atoms with E-state index in [-0.39, 0.29) is 17.9 Å². The van der Waals surface area contributed by atoms with E-state index in [0.717, 1.165) is 6.34 Å². The van der Waals surface area contributed by atoms with Gasteiger partial charge in [0.2, 0.25) is 0 Å². The molecule has 1 N–H and O–H groups in total. The van der Waals surface area contributed by atoms with Crippen molar-refractivity contribution in [2.75, 3.05) is 11.9 Å². The number of hydrogen-bond acceptors (Lipinski definition) is 4. The maximum atomic E-state index is 13.3. The fourth-order valence-corrected chi connectivity index (χ4v) is 1.99.